The van der Waals surface area contributed by atoms with E-state index in [-0.39, 0.29) is 22.6 Å². The number of halogens is 1. The summed E-state index contributed by atoms with van der Waals surface area (Å²) in [6.45, 7) is 3.77. The van der Waals surface area contributed by atoms with Crippen LogP contribution in [0.2, 0.25) is 5.02 Å². The Hall–Kier alpha value is -2.36. The summed E-state index contributed by atoms with van der Waals surface area (Å²) in [7, 11) is -3.25. The van der Waals surface area contributed by atoms with Crippen LogP contribution in [0.5, 0.6) is 0 Å². The van der Waals surface area contributed by atoms with Crippen molar-refractivity contribution >= 4 is 39.1 Å². The van der Waals surface area contributed by atoms with E-state index in [1.807, 2.05) is 32.0 Å². The molecule has 0 saturated carbocycles. The van der Waals surface area contributed by atoms with Crippen molar-refractivity contribution in [3.8, 4) is 5.69 Å². The maximum absolute atomic E-state index is 12.4. The molecule has 10 heteroatoms. The number of nitrogens with zero attached hydrogens (tertiary/aromatic N) is 3. The number of rotatable bonds is 7. The van der Waals surface area contributed by atoms with E-state index in [0.29, 0.717) is 10.2 Å². The summed E-state index contributed by atoms with van der Waals surface area (Å²) in [5, 5.41) is 12.1. The number of hydrogen-bond acceptors (Lipinski definition) is 6. The molecule has 0 aliphatic carbocycles. The van der Waals surface area contributed by atoms with Gasteiger partial charge in [0, 0.05) is 11.3 Å². The first-order valence-electron chi connectivity index (χ1n) is 9.04. The number of hydrogen-bond donors (Lipinski definition) is 1. The Morgan fingerprint density at radius 2 is 1.93 bits per heavy atom. The molecule has 0 aliphatic rings. The zero-order chi connectivity index (χ0) is 21.9. The Balaban J connectivity index is 1.61. The lowest BCUT2D eigenvalue weighted by molar-refractivity contribution is -0.119. The number of benzene rings is 2. The Morgan fingerprint density at radius 3 is 2.57 bits per heavy atom. The number of amides is 1. The Kier molecular flexibility index (Phi) is 6.84. The standard InChI is InChI=1S/C20H21ClN4O3S2/c1-13-4-7-16(10-18(13)21)25-12-22-24-20(25)29-11-19(26)23-14(2)15-5-8-17(9-6-15)30(3,27)28/h4-10,12,14H,11H2,1-3H3,(H,23,26). The molecule has 1 atom stereocenters. The number of nitrogens with one attached hydrogen (secondary N) is 1. The molecule has 0 fully saturated rings. The molecule has 0 aliphatic heterocycles. The van der Waals surface area contributed by atoms with Crippen molar-refractivity contribution in [1.82, 2.24) is 20.1 Å². The smallest absolute Gasteiger partial charge is 0.230 e. The van der Waals surface area contributed by atoms with E-state index >= 15 is 0 Å². The summed E-state index contributed by atoms with van der Waals surface area (Å²) in [5.41, 5.74) is 2.61. The molecule has 1 aromatic heterocycles. The molecule has 0 bridgehead atoms. The average Bonchev–Trinajstić information content (AvgIpc) is 3.16. The van der Waals surface area contributed by atoms with Crippen LogP contribution in [0.15, 0.2) is 58.8 Å². The fraction of sp³-hybridized carbons (Fsp3) is 0.250. The molecular formula is C20H21ClN4O3S2. The van der Waals surface area contributed by atoms with Gasteiger partial charge in [-0.25, -0.2) is 8.42 Å². The number of sulfone groups is 1. The van der Waals surface area contributed by atoms with Gasteiger partial charge in [0.1, 0.15) is 6.33 Å². The van der Waals surface area contributed by atoms with Gasteiger partial charge in [0.15, 0.2) is 15.0 Å². The molecule has 158 valence electrons. The van der Waals surface area contributed by atoms with Crippen LogP contribution in [0, 0.1) is 6.92 Å². The zero-order valence-corrected chi connectivity index (χ0v) is 19.1. The van der Waals surface area contributed by atoms with Gasteiger partial charge in [0.25, 0.3) is 0 Å². The van der Waals surface area contributed by atoms with Crippen LogP contribution in [0.3, 0.4) is 0 Å². The highest BCUT2D eigenvalue weighted by molar-refractivity contribution is 7.99. The van der Waals surface area contributed by atoms with Crippen LogP contribution < -0.4 is 5.32 Å². The molecule has 3 rings (SSSR count). The molecule has 1 heterocycles. The largest absolute Gasteiger partial charge is 0.349 e. The lowest BCUT2D eigenvalue weighted by Crippen LogP contribution is -2.28. The number of aromatic nitrogens is 3. The van der Waals surface area contributed by atoms with Gasteiger partial charge >= 0.3 is 0 Å². The second kappa shape index (κ2) is 9.20. The van der Waals surface area contributed by atoms with Gasteiger partial charge < -0.3 is 5.32 Å². The van der Waals surface area contributed by atoms with Crippen molar-refractivity contribution in [3.05, 3.63) is 64.9 Å². The van der Waals surface area contributed by atoms with Crippen LogP contribution in [-0.2, 0) is 14.6 Å². The van der Waals surface area contributed by atoms with E-state index in [1.54, 1.807) is 23.0 Å². The summed E-state index contributed by atoms with van der Waals surface area (Å²) >= 11 is 7.47. The summed E-state index contributed by atoms with van der Waals surface area (Å²) in [4.78, 5) is 12.6. The van der Waals surface area contributed by atoms with Crippen LogP contribution in [-0.4, -0.2) is 41.1 Å². The first-order chi connectivity index (χ1) is 14.1. The zero-order valence-electron chi connectivity index (χ0n) is 16.7. The SMILES string of the molecule is Cc1ccc(-n2cnnc2SCC(=O)NC(C)c2ccc(S(C)(=O)=O)cc2)cc1Cl. The van der Waals surface area contributed by atoms with E-state index in [1.165, 1.54) is 23.9 Å². The highest BCUT2D eigenvalue weighted by atomic mass is 35.5. The van der Waals surface area contributed by atoms with Gasteiger partial charge in [-0.3, -0.25) is 9.36 Å². The minimum Gasteiger partial charge on any atom is -0.349 e. The minimum atomic E-state index is -3.25. The summed E-state index contributed by atoms with van der Waals surface area (Å²) in [6.07, 6.45) is 2.74. The molecule has 0 saturated heterocycles. The summed E-state index contributed by atoms with van der Waals surface area (Å²) < 4.78 is 24.9. The van der Waals surface area contributed by atoms with Gasteiger partial charge in [-0.15, -0.1) is 10.2 Å². The van der Waals surface area contributed by atoms with Crippen molar-refractivity contribution < 1.29 is 13.2 Å². The number of aryl methyl sites for hydroxylation is 1. The van der Waals surface area contributed by atoms with Gasteiger partial charge in [-0.05, 0) is 49.2 Å². The average molecular weight is 465 g/mol. The molecule has 30 heavy (non-hydrogen) atoms. The van der Waals surface area contributed by atoms with Gasteiger partial charge in [0.2, 0.25) is 5.91 Å². The van der Waals surface area contributed by atoms with E-state index in [9.17, 15) is 13.2 Å². The fourth-order valence-corrected chi connectivity index (χ4v) is 4.28. The summed E-state index contributed by atoms with van der Waals surface area (Å²) in [6, 6.07) is 11.9. The lowest BCUT2D eigenvalue weighted by atomic mass is 10.1. The fourth-order valence-electron chi connectivity index (χ4n) is 2.73. The molecular weight excluding hydrogens is 444 g/mol. The third kappa shape index (κ3) is 5.41. The molecule has 0 spiro atoms. The van der Waals surface area contributed by atoms with Crippen molar-refractivity contribution in [2.75, 3.05) is 12.0 Å². The maximum Gasteiger partial charge on any atom is 0.230 e. The lowest BCUT2D eigenvalue weighted by Gasteiger charge is -2.14. The number of carbonyl (C=O) groups excluding carboxylic acids is 1. The van der Waals surface area contributed by atoms with E-state index in [4.69, 9.17) is 11.6 Å². The monoisotopic (exact) mass is 464 g/mol. The van der Waals surface area contributed by atoms with Crippen LogP contribution in [0.25, 0.3) is 5.69 Å². The molecule has 1 unspecified atom stereocenters. The Morgan fingerprint density at radius 1 is 1.23 bits per heavy atom. The Labute approximate surface area is 184 Å². The highest BCUT2D eigenvalue weighted by Gasteiger charge is 2.14. The van der Waals surface area contributed by atoms with Crippen LogP contribution >= 0.6 is 23.4 Å². The van der Waals surface area contributed by atoms with Crippen LogP contribution in [0.4, 0.5) is 0 Å². The quantitative estimate of drug-likeness (QED) is 0.537. The third-order valence-corrected chi connectivity index (χ3v) is 6.95. The molecule has 2 aromatic carbocycles. The van der Waals surface area contributed by atoms with Crippen molar-refractivity contribution in [2.24, 2.45) is 0 Å². The van der Waals surface area contributed by atoms with E-state index in [0.717, 1.165) is 23.1 Å². The first-order valence-corrected chi connectivity index (χ1v) is 12.3. The van der Waals surface area contributed by atoms with Gasteiger partial charge in [-0.2, -0.15) is 0 Å². The molecule has 1 N–H and O–H groups in total. The minimum absolute atomic E-state index is 0.157. The maximum atomic E-state index is 12.4. The normalized spacial score (nSPS) is 12.5. The predicted octanol–water partition coefficient (Wildman–Crippen LogP) is 3.60. The summed E-state index contributed by atoms with van der Waals surface area (Å²) in [5.74, 6) is -0.0134. The van der Waals surface area contributed by atoms with Crippen molar-refractivity contribution in [3.63, 3.8) is 0 Å². The highest BCUT2D eigenvalue weighted by Crippen LogP contribution is 2.24. The van der Waals surface area contributed by atoms with Gasteiger partial charge in [0.05, 0.1) is 22.4 Å². The third-order valence-electron chi connectivity index (χ3n) is 4.47. The second-order valence-corrected chi connectivity index (χ2v) is 10.2. The molecule has 0 radical (unpaired) electrons. The van der Waals surface area contributed by atoms with Crippen molar-refractivity contribution in [2.45, 2.75) is 29.9 Å². The number of thioether (sulfide) groups is 1. The molecule has 7 nitrogen and oxygen atoms in total. The molecule has 1 amide bonds. The predicted molar refractivity (Wildman–Crippen MR) is 118 cm³/mol. The van der Waals surface area contributed by atoms with E-state index < -0.39 is 9.84 Å². The van der Waals surface area contributed by atoms with Gasteiger partial charge in [-0.1, -0.05) is 41.6 Å². The van der Waals surface area contributed by atoms with Crippen LogP contribution in [0.1, 0.15) is 24.1 Å². The second-order valence-electron chi connectivity index (χ2n) is 6.84. The molecule has 3 aromatic rings. The Bertz CT molecular complexity index is 1160. The van der Waals surface area contributed by atoms with Crippen molar-refractivity contribution in [1.29, 1.82) is 0 Å². The topological polar surface area (TPSA) is 93.9 Å². The number of carbonyl (C=O) groups is 1. The first kappa shape index (κ1) is 22.3. The van der Waals surface area contributed by atoms with E-state index in [2.05, 4.69) is 15.5 Å².